The fourth-order valence-electron chi connectivity index (χ4n) is 2.10. The van der Waals surface area contributed by atoms with Gasteiger partial charge < -0.3 is 15.8 Å². The van der Waals surface area contributed by atoms with Crippen LogP contribution in [0.1, 0.15) is 24.1 Å². The number of rotatable bonds is 4. The minimum absolute atomic E-state index is 0.412. The van der Waals surface area contributed by atoms with E-state index < -0.39 is 0 Å². The molecule has 0 unspecified atom stereocenters. The topological polar surface area (TPSA) is 60.2 Å². The highest BCUT2D eigenvalue weighted by Gasteiger charge is 2.13. The van der Waals surface area contributed by atoms with Gasteiger partial charge >= 0.3 is 0 Å². The number of nitrogens with one attached hydrogen (secondary N) is 1. The zero-order chi connectivity index (χ0) is 13.0. The largest absolute Gasteiger partial charge is 0.389 e. The van der Waals surface area contributed by atoms with Gasteiger partial charge in [0.15, 0.2) is 0 Å². The second-order valence-corrected chi connectivity index (χ2v) is 5.12. The molecule has 1 aliphatic rings. The molecule has 0 saturated carbocycles. The Morgan fingerprint density at radius 3 is 2.89 bits per heavy atom. The highest BCUT2D eigenvalue weighted by Crippen LogP contribution is 2.16. The predicted molar refractivity (Wildman–Crippen MR) is 76.9 cm³/mol. The van der Waals surface area contributed by atoms with Crippen molar-refractivity contribution in [1.82, 2.24) is 4.98 Å². The van der Waals surface area contributed by atoms with Gasteiger partial charge in [-0.15, -0.1) is 0 Å². The molecule has 1 fully saturated rings. The molecule has 0 bridgehead atoms. The fourth-order valence-corrected chi connectivity index (χ4v) is 2.22. The molecule has 3 N–H and O–H groups in total. The number of ether oxygens (including phenoxy) is 1. The number of pyridine rings is 1. The summed E-state index contributed by atoms with van der Waals surface area (Å²) in [6.45, 7) is 4.61. The summed E-state index contributed by atoms with van der Waals surface area (Å²) in [6, 6.07) is 3.82. The summed E-state index contributed by atoms with van der Waals surface area (Å²) in [5.74, 6) is 1.51. The molecule has 1 aliphatic heterocycles. The highest BCUT2D eigenvalue weighted by atomic mass is 32.1. The molecule has 0 amide bonds. The van der Waals surface area contributed by atoms with E-state index in [2.05, 4.69) is 10.3 Å². The van der Waals surface area contributed by atoms with Gasteiger partial charge in [-0.3, -0.25) is 0 Å². The van der Waals surface area contributed by atoms with Crippen LogP contribution in [0.15, 0.2) is 12.1 Å². The fraction of sp³-hybridized carbons (Fsp3) is 0.538. The third-order valence-electron chi connectivity index (χ3n) is 3.15. The molecule has 98 valence electrons. The van der Waals surface area contributed by atoms with Gasteiger partial charge in [0.25, 0.3) is 0 Å². The monoisotopic (exact) mass is 265 g/mol. The molecular weight excluding hydrogens is 246 g/mol. The molecule has 0 atom stereocenters. The van der Waals surface area contributed by atoms with Crippen LogP contribution in [0.25, 0.3) is 0 Å². The van der Waals surface area contributed by atoms with Gasteiger partial charge in [-0.05, 0) is 37.8 Å². The third kappa shape index (κ3) is 3.65. The van der Waals surface area contributed by atoms with Crippen LogP contribution < -0.4 is 11.1 Å². The molecular formula is C13H19N3OS. The maximum atomic E-state index is 5.65. The Hall–Kier alpha value is -1.20. The number of nitrogens with two attached hydrogens (primary N) is 1. The second-order valence-electron chi connectivity index (χ2n) is 4.68. The van der Waals surface area contributed by atoms with Crippen molar-refractivity contribution in [3.05, 3.63) is 23.4 Å². The van der Waals surface area contributed by atoms with E-state index in [1.165, 1.54) is 0 Å². The zero-order valence-corrected chi connectivity index (χ0v) is 11.4. The van der Waals surface area contributed by atoms with Crippen LogP contribution in [0.3, 0.4) is 0 Å². The minimum atomic E-state index is 0.412. The first-order valence-electron chi connectivity index (χ1n) is 6.25. The van der Waals surface area contributed by atoms with E-state index >= 15 is 0 Å². The van der Waals surface area contributed by atoms with Crippen LogP contribution in [0.2, 0.25) is 0 Å². The number of nitrogens with zero attached hydrogens (tertiary/aromatic N) is 1. The quantitative estimate of drug-likeness (QED) is 0.814. The van der Waals surface area contributed by atoms with Crippen molar-refractivity contribution in [1.29, 1.82) is 0 Å². The van der Waals surface area contributed by atoms with Gasteiger partial charge in [0.2, 0.25) is 0 Å². The number of anilines is 1. The summed E-state index contributed by atoms with van der Waals surface area (Å²) >= 11 is 5.00. The van der Waals surface area contributed by atoms with Crippen LogP contribution >= 0.6 is 12.2 Å². The van der Waals surface area contributed by atoms with E-state index in [1.807, 2.05) is 19.1 Å². The Balaban J connectivity index is 1.97. The Kier molecular flexibility index (Phi) is 4.49. The Morgan fingerprint density at radius 1 is 1.50 bits per heavy atom. The summed E-state index contributed by atoms with van der Waals surface area (Å²) < 4.78 is 5.34. The van der Waals surface area contributed by atoms with Crippen molar-refractivity contribution in [3.8, 4) is 0 Å². The lowest BCUT2D eigenvalue weighted by Crippen LogP contribution is -2.23. The summed E-state index contributed by atoms with van der Waals surface area (Å²) in [5, 5.41) is 3.37. The highest BCUT2D eigenvalue weighted by molar-refractivity contribution is 7.80. The van der Waals surface area contributed by atoms with Gasteiger partial charge in [-0.1, -0.05) is 12.2 Å². The molecule has 4 nitrogen and oxygen atoms in total. The van der Waals surface area contributed by atoms with Crippen molar-refractivity contribution < 1.29 is 4.74 Å². The van der Waals surface area contributed by atoms with Gasteiger partial charge in [0, 0.05) is 31.0 Å². The van der Waals surface area contributed by atoms with Gasteiger partial charge in [-0.25, -0.2) is 4.98 Å². The molecule has 0 spiro atoms. The standard InChI is InChI=1S/C13H19N3OS/c1-9-6-11(13(14)18)7-12(16-9)15-8-10-2-4-17-5-3-10/h6-7,10H,2-5,8H2,1H3,(H2,14,18)(H,15,16). The van der Waals surface area contributed by atoms with E-state index in [0.717, 1.165) is 49.7 Å². The maximum absolute atomic E-state index is 5.65. The third-order valence-corrected chi connectivity index (χ3v) is 3.39. The van der Waals surface area contributed by atoms with Crippen molar-refractivity contribution in [2.75, 3.05) is 25.1 Å². The Labute approximate surface area is 113 Å². The first-order chi connectivity index (χ1) is 8.65. The van der Waals surface area contributed by atoms with Crippen molar-refractivity contribution >= 4 is 23.0 Å². The molecule has 18 heavy (non-hydrogen) atoms. The van der Waals surface area contributed by atoms with E-state index in [1.54, 1.807) is 0 Å². The molecule has 1 aromatic heterocycles. The molecule has 5 heteroatoms. The van der Waals surface area contributed by atoms with E-state index in [4.69, 9.17) is 22.7 Å². The average Bonchev–Trinajstić information content (AvgIpc) is 2.37. The SMILES string of the molecule is Cc1cc(C(N)=S)cc(NCC2CCOCC2)n1. The van der Waals surface area contributed by atoms with Crippen molar-refractivity contribution in [2.24, 2.45) is 11.7 Å². The number of aromatic nitrogens is 1. The van der Waals surface area contributed by atoms with Gasteiger partial charge in [0.05, 0.1) is 0 Å². The van der Waals surface area contributed by atoms with Crippen molar-refractivity contribution in [2.45, 2.75) is 19.8 Å². The summed E-state index contributed by atoms with van der Waals surface area (Å²) in [6.07, 6.45) is 2.22. The number of hydrogen-bond acceptors (Lipinski definition) is 4. The minimum Gasteiger partial charge on any atom is -0.389 e. The van der Waals surface area contributed by atoms with Crippen LogP contribution in [0.5, 0.6) is 0 Å². The van der Waals surface area contributed by atoms with E-state index in [-0.39, 0.29) is 0 Å². The zero-order valence-electron chi connectivity index (χ0n) is 10.6. The van der Waals surface area contributed by atoms with E-state index in [9.17, 15) is 0 Å². The lowest BCUT2D eigenvalue weighted by Gasteiger charge is -2.22. The number of hydrogen-bond donors (Lipinski definition) is 2. The smallest absolute Gasteiger partial charge is 0.126 e. The van der Waals surface area contributed by atoms with Crippen LogP contribution in [0.4, 0.5) is 5.82 Å². The predicted octanol–water partition coefficient (Wildman–Crippen LogP) is 1.86. The molecule has 2 heterocycles. The van der Waals surface area contributed by atoms with Crippen LogP contribution in [-0.2, 0) is 4.74 Å². The maximum Gasteiger partial charge on any atom is 0.126 e. The van der Waals surface area contributed by atoms with E-state index in [0.29, 0.717) is 10.9 Å². The lowest BCUT2D eigenvalue weighted by atomic mass is 10.0. The molecule has 1 aromatic rings. The normalized spacial score (nSPS) is 16.5. The van der Waals surface area contributed by atoms with Gasteiger partial charge in [-0.2, -0.15) is 0 Å². The van der Waals surface area contributed by atoms with Crippen LogP contribution in [0, 0.1) is 12.8 Å². The Bertz CT molecular complexity index is 430. The average molecular weight is 265 g/mol. The van der Waals surface area contributed by atoms with Crippen LogP contribution in [-0.4, -0.2) is 29.7 Å². The number of aryl methyl sites for hydroxylation is 1. The Morgan fingerprint density at radius 2 is 2.22 bits per heavy atom. The number of thiocarbonyl (C=S) groups is 1. The van der Waals surface area contributed by atoms with Crippen molar-refractivity contribution in [3.63, 3.8) is 0 Å². The molecule has 2 rings (SSSR count). The molecule has 0 aliphatic carbocycles. The first-order valence-corrected chi connectivity index (χ1v) is 6.66. The summed E-state index contributed by atoms with van der Waals surface area (Å²) in [4.78, 5) is 4.85. The molecule has 1 saturated heterocycles. The first kappa shape index (κ1) is 13.2. The summed E-state index contributed by atoms with van der Waals surface area (Å²) in [7, 11) is 0. The lowest BCUT2D eigenvalue weighted by molar-refractivity contribution is 0.0699. The molecule has 0 aromatic carbocycles. The molecule has 0 radical (unpaired) electrons. The summed E-state index contributed by atoms with van der Waals surface area (Å²) in [5.41, 5.74) is 7.44. The second kappa shape index (κ2) is 6.11. The van der Waals surface area contributed by atoms with Gasteiger partial charge in [0.1, 0.15) is 10.8 Å².